The highest BCUT2D eigenvalue weighted by atomic mass is 79.9. The number of hydrogen-bond donors (Lipinski definition) is 0. The van der Waals surface area contributed by atoms with E-state index < -0.39 is 0 Å². The maximum atomic E-state index is 5.77. The molecule has 0 aliphatic rings. The summed E-state index contributed by atoms with van der Waals surface area (Å²) in [6.07, 6.45) is 0. The standard InChI is InChI=1S/C13H9BrOS2/c14-11-7-16-8-12(11)15-6-10-5-9-3-1-2-4-13(9)17-10/h1-5,7-8H,6H2. The zero-order valence-corrected chi connectivity index (χ0v) is 12.1. The van der Waals surface area contributed by atoms with Crippen molar-refractivity contribution in [1.82, 2.24) is 0 Å². The van der Waals surface area contributed by atoms with Crippen LogP contribution >= 0.6 is 38.6 Å². The van der Waals surface area contributed by atoms with E-state index in [0.717, 1.165) is 10.2 Å². The zero-order valence-electron chi connectivity index (χ0n) is 8.85. The molecule has 0 spiro atoms. The quantitative estimate of drug-likeness (QED) is 0.634. The largest absolute Gasteiger partial charge is 0.486 e. The number of fused-ring (bicyclic) bond motifs is 1. The third kappa shape index (κ3) is 2.39. The smallest absolute Gasteiger partial charge is 0.144 e. The van der Waals surface area contributed by atoms with Crippen LogP contribution in [-0.4, -0.2) is 0 Å². The molecule has 17 heavy (non-hydrogen) atoms. The van der Waals surface area contributed by atoms with Crippen LogP contribution in [0.25, 0.3) is 10.1 Å². The number of benzene rings is 1. The van der Waals surface area contributed by atoms with Crippen molar-refractivity contribution >= 4 is 48.7 Å². The number of halogens is 1. The van der Waals surface area contributed by atoms with E-state index in [2.05, 4.69) is 46.3 Å². The molecule has 1 nitrogen and oxygen atoms in total. The predicted molar refractivity (Wildman–Crippen MR) is 78.2 cm³/mol. The first-order chi connectivity index (χ1) is 8.33. The Morgan fingerprint density at radius 1 is 1.18 bits per heavy atom. The fourth-order valence-corrected chi connectivity index (χ4v) is 3.93. The third-order valence-electron chi connectivity index (χ3n) is 2.43. The minimum atomic E-state index is 0.634. The Balaban J connectivity index is 1.79. The SMILES string of the molecule is Brc1cscc1OCc1cc2ccccc2s1. The lowest BCUT2D eigenvalue weighted by atomic mass is 10.2. The van der Waals surface area contributed by atoms with Crippen LogP contribution in [0.3, 0.4) is 0 Å². The molecule has 0 saturated carbocycles. The fraction of sp³-hybridized carbons (Fsp3) is 0.0769. The normalized spacial score (nSPS) is 10.9. The minimum absolute atomic E-state index is 0.634. The van der Waals surface area contributed by atoms with E-state index in [1.165, 1.54) is 15.0 Å². The summed E-state index contributed by atoms with van der Waals surface area (Å²) in [6, 6.07) is 10.6. The molecule has 0 aliphatic carbocycles. The Hall–Kier alpha value is -0.840. The zero-order chi connectivity index (χ0) is 11.7. The topological polar surface area (TPSA) is 9.23 Å². The van der Waals surface area contributed by atoms with Crippen molar-refractivity contribution in [3.05, 3.63) is 50.4 Å². The Kier molecular flexibility index (Phi) is 3.18. The second-order valence-corrected chi connectivity index (χ2v) is 6.39. The van der Waals surface area contributed by atoms with Crippen molar-refractivity contribution in [1.29, 1.82) is 0 Å². The van der Waals surface area contributed by atoms with Crippen molar-refractivity contribution in [3.63, 3.8) is 0 Å². The van der Waals surface area contributed by atoms with Gasteiger partial charge in [0, 0.05) is 20.3 Å². The average Bonchev–Trinajstić information content (AvgIpc) is 2.92. The van der Waals surface area contributed by atoms with Crippen molar-refractivity contribution in [3.8, 4) is 5.75 Å². The van der Waals surface area contributed by atoms with Crippen molar-refractivity contribution in [2.24, 2.45) is 0 Å². The maximum Gasteiger partial charge on any atom is 0.144 e. The Morgan fingerprint density at radius 2 is 2.06 bits per heavy atom. The molecule has 0 aliphatic heterocycles. The van der Waals surface area contributed by atoms with Gasteiger partial charge in [-0.2, -0.15) is 0 Å². The molecule has 0 N–H and O–H groups in total. The lowest BCUT2D eigenvalue weighted by Crippen LogP contribution is -1.91. The van der Waals surface area contributed by atoms with Crippen molar-refractivity contribution in [2.45, 2.75) is 6.61 Å². The van der Waals surface area contributed by atoms with Gasteiger partial charge in [0.05, 0.1) is 4.47 Å². The third-order valence-corrected chi connectivity index (χ3v) is 5.16. The Labute approximate surface area is 116 Å². The minimum Gasteiger partial charge on any atom is -0.486 e. The highest BCUT2D eigenvalue weighted by Crippen LogP contribution is 2.31. The summed E-state index contributed by atoms with van der Waals surface area (Å²) in [5.74, 6) is 0.924. The summed E-state index contributed by atoms with van der Waals surface area (Å²) in [6.45, 7) is 0.634. The first-order valence-electron chi connectivity index (χ1n) is 5.15. The summed E-state index contributed by atoms with van der Waals surface area (Å²) in [7, 11) is 0. The Morgan fingerprint density at radius 3 is 2.82 bits per heavy atom. The van der Waals surface area contributed by atoms with E-state index in [1.54, 1.807) is 22.7 Å². The molecule has 0 unspecified atom stereocenters. The first-order valence-corrected chi connectivity index (χ1v) is 7.70. The number of rotatable bonds is 3. The van der Waals surface area contributed by atoms with E-state index in [0.29, 0.717) is 6.61 Å². The van der Waals surface area contributed by atoms with Gasteiger partial charge >= 0.3 is 0 Å². The number of ether oxygens (including phenoxy) is 1. The molecule has 0 fully saturated rings. The lowest BCUT2D eigenvalue weighted by Gasteiger charge is -2.01. The Bertz CT molecular complexity index is 608. The van der Waals surface area contributed by atoms with Gasteiger partial charge in [0.25, 0.3) is 0 Å². The van der Waals surface area contributed by atoms with Crippen LogP contribution in [0.2, 0.25) is 0 Å². The fourth-order valence-electron chi connectivity index (χ4n) is 1.63. The van der Waals surface area contributed by atoms with Gasteiger partial charge in [-0.3, -0.25) is 0 Å². The summed E-state index contributed by atoms with van der Waals surface area (Å²) in [4.78, 5) is 1.25. The highest BCUT2D eigenvalue weighted by Gasteiger charge is 2.05. The summed E-state index contributed by atoms with van der Waals surface area (Å²) < 4.78 is 8.11. The number of thiophene rings is 2. The molecular weight excluding hydrogens is 316 g/mol. The van der Waals surface area contributed by atoms with Crippen LogP contribution in [0.15, 0.2) is 45.6 Å². The molecule has 2 heterocycles. The lowest BCUT2D eigenvalue weighted by molar-refractivity contribution is 0.309. The van der Waals surface area contributed by atoms with E-state index in [1.807, 2.05) is 10.8 Å². The molecule has 86 valence electrons. The van der Waals surface area contributed by atoms with Crippen LogP contribution in [0.4, 0.5) is 0 Å². The second-order valence-electron chi connectivity index (χ2n) is 3.62. The van der Waals surface area contributed by atoms with E-state index in [-0.39, 0.29) is 0 Å². The van der Waals surface area contributed by atoms with Gasteiger partial charge in [0.1, 0.15) is 12.4 Å². The van der Waals surface area contributed by atoms with Gasteiger partial charge in [0.2, 0.25) is 0 Å². The molecule has 0 atom stereocenters. The second kappa shape index (κ2) is 4.80. The van der Waals surface area contributed by atoms with Crippen molar-refractivity contribution < 1.29 is 4.74 Å². The van der Waals surface area contributed by atoms with Gasteiger partial charge in [-0.1, -0.05) is 18.2 Å². The first kappa shape index (κ1) is 11.3. The molecule has 0 bridgehead atoms. The van der Waals surface area contributed by atoms with Crippen LogP contribution in [0.1, 0.15) is 4.88 Å². The van der Waals surface area contributed by atoms with E-state index in [9.17, 15) is 0 Å². The van der Waals surface area contributed by atoms with E-state index in [4.69, 9.17) is 4.74 Å². The van der Waals surface area contributed by atoms with Gasteiger partial charge in [-0.15, -0.1) is 22.7 Å². The van der Waals surface area contributed by atoms with Crippen LogP contribution in [0, 0.1) is 0 Å². The van der Waals surface area contributed by atoms with Crippen LogP contribution < -0.4 is 4.74 Å². The van der Waals surface area contributed by atoms with Gasteiger partial charge in [-0.05, 0) is 33.4 Å². The van der Waals surface area contributed by atoms with E-state index >= 15 is 0 Å². The summed E-state index contributed by atoms with van der Waals surface area (Å²) in [5, 5.41) is 5.33. The molecular formula is C13H9BrOS2. The van der Waals surface area contributed by atoms with Gasteiger partial charge in [0.15, 0.2) is 0 Å². The molecule has 0 saturated heterocycles. The molecule has 3 aromatic rings. The summed E-state index contributed by atoms with van der Waals surface area (Å²) >= 11 is 6.89. The monoisotopic (exact) mass is 324 g/mol. The van der Waals surface area contributed by atoms with Gasteiger partial charge in [-0.25, -0.2) is 0 Å². The maximum absolute atomic E-state index is 5.77. The van der Waals surface area contributed by atoms with Crippen molar-refractivity contribution in [2.75, 3.05) is 0 Å². The molecule has 0 amide bonds. The molecule has 2 aromatic heterocycles. The molecule has 3 rings (SSSR count). The summed E-state index contributed by atoms with van der Waals surface area (Å²) in [5.41, 5.74) is 0. The number of hydrogen-bond acceptors (Lipinski definition) is 3. The highest BCUT2D eigenvalue weighted by molar-refractivity contribution is 9.10. The predicted octanol–water partition coefficient (Wildman–Crippen LogP) is 5.30. The molecule has 1 aromatic carbocycles. The van der Waals surface area contributed by atoms with Gasteiger partial charge < -0.3 is 4.74 Å². The molecule has 4 heteroatoms. The molecule has 0 radical (unpaired) electrons. The average molecular weight is 325 g/mol. The van der Waals surface area contributed by atoms with Crippen LogP contribution in [0.5, 0.6) is 5.75 Å². The van der Waals surface area contributed by atoms with Crippen LogP contribution in [-0.2, 0) is 6.61 Å².